The summed E-state index contributed by atoms with van der Waals surface area (Å²) >= 11 is 1.37. The number of hydrogen-bond acceptors (Lipinski definition) is 8. The van der Waals surface area contributed by atoms with Gasteiger partial charge in [0, 0.05) is 23.9 Å². The van der Waals surface area contributed by atoms with Gasteiger partial charge < -0.3 is 20.1 Å². The third kappa shape index (κ3) is 4.89. The van der Waals surface area contributed by atoms with Crippen molar-refractivity contribution in [2.24, 2.45) is 0 Å². The third-order valence-corrected chi connectivity index (χ3v) is 6.29. The highest BCUT2D eigenvalue weighted by Crippen LogP contribution is 2.32. The number of benzene rings is 2. The number of sulfone groups is 1. The minimum absolute atomic E-state index is 0.137. The van der Waals surface area contributed by atoms with Gasteiger partial charge in [0.2, 0.25) is 12.7 Å². The van der Waals surface area contributed by atoms with Crippen molar-refractivity contribution in [1.29, 1.82) is 0 Å². The summed E-state index contributed by atoms with van der Waals surface area (Å²) in [7, 11) is -3.23. The molecule has 0 unspecified atom stereocenters. The number of ether oxygens (including phenoxy) is 2. The SMILES string of the molecule is CS(=O)(=O)c1ccc(Nc2nc(CC(=O)NCc3ccc4c(c3)OCO4)cs2)cc1. The molecule has 2 aromatic carbocycles. The summed E-state index contributed by atoms with van der Waals surface area (Å²) in [6.07, 6.45) is 1.33. The minimum atomic E-state index is -3.23. The Balaban J connectivity index is 1.30. The first kappa shape index (κ1) is 20.2. The molecule has 1 aromatic heterocycles. The molecule has 0 saturated carbocycles. The van der Waals surface area contributed by atoms with Crippen molar-refractivity contribution in [3.63, 3.8) is 0 Å². The van der Waals surface area contributed by atoms with Crippen molar-refractivity contribution in [1.82, 2.24) is 10.3 Å². The predicted octanol–water partition coefficient (Wildman–Crippen LogP) is 2.88. The summed E-state index contributed by atoms with van der Waals surface area (Å²) < 4.78 is 33.7. The van der Waals surface area contributed by atoms with Gasteiger partial charge in [-0.15, -0.1) is 11.3 Å². The van der Waals surface area contributed by atoms with E-state index in [1.165, 1.54) is 29.7 Å². The fraction of sp³-hybridized carbons (Fsp3) is 0.200. The summed E-state index contributed by atoms with van der Waals surface area (Å²) in [4.78, 5) is 16.9. The van der Waals surface area contributed by atoms with Crippen LogP contribution < -0.4 is 20.1 Å². The first-order valence-corrected chi connectivity index (χ1v) is 11.8. The van der Waals surface area contributed by atoms with Gasteiger partial charge in [-0.1, -0.05) is 6.07 Å². The van der Waals surface area contributed by atoms with Gasteiger partial charge in [-0.2, -0.15) is 0 Å². The second-order valence-electron chi connectivity index (χ2n) is 6.71. The molecular weight excluding hydrogens is 426 g/mol. The van der Waals surface area contributed by atoms with E-state index in [4.69, 9.17) is 9.47 Å². The number of fused-ring (bicyclic) bond motifs is 1. The summed E-state index contributed by atoms with van der Waals surface area (Å²) in [6, 6.07) is 12.0. The number of thiazole rings is 1. The second-order valence-corrected chi connectivity index (χ2v) is 9.58. The third-order valence-electron chi connectivity index (χ3n) is 4.35. The Kier molecular flexibility index (Phi) is 5.60. The quantitative estimate of drug-likeness (QED) is 0.576. The van der Waals surface area contributed by atoms with E-state index in [0.29, 0.717) is 28.9 Å². The number of hydrogen-bond donors (Lipinski definition) is 2. The number of anilines is 2. The van der Waals surface area contributed by atoms with Crippen LogP contribution in [0, 0.1) is 0 Å². The van der Waals surface area contributed by atoms with E-state index in [-0.39, 0.29) is 24.0 Å². The zero-order valence-electron chi connectivity index (χ0n) is 16.0. The van der Waals surface area contributed by atoms with Crippen molar-refractivity contribution in [2.75, 3.05) is 18.4 Å². The lowest BCUT2D eigenvalue weighted by Gasteiger charge is -2.05. The summed E-state index contributed by atoms with van der Waals surface area (Å²) in [5.74, 6) is 1.25. The van der Waals surface area contributed by atoms with E-state index >= 15 is 0 Å². The highest BCUT2D eigenvalue weighted by Gasteiger charge is 2.14. The molecule has 0 atom stereocenters. The lowest BCUT2D eigenvalue weighted by atomic mass is 10.2. The number of nitrogens with zero attached hydrogens (tertiary/aromatic N) is 1. The van der Waals surface area contributed by atoms with Crippen molar-refractivity contribution in [3.8, 4) is 11.5 Å². The molecule has 4 rings (SSSR count). The molecular formula is C20H19N3O5S2. The van der Waals surface area contributed by atoms with Crippen molar-refractivity contribution in [2.45, 2.75) is 17.9 Å². The van der Waals surface area contributed by atoms with Crippen LogP contribution in [0.2, 0.25) is 0 Å². The molecule has 0 bridgehead atoms. The Morgan fingerprint density at radius 1 is 1.13 bits per heavy atom. The topological polar surface area (TPSA) is 107 Å². The maximum Gasteiger partial charge on any atom is 0.231 e. The van der Waals surface area contributed by atoms with Gasteiger partial charge in [0.1, 0.15) is 0 Å². The monoisotopic (exact) mass is 445 g/mol. The van der Waals surface area contributed by atoms with E-state index in [9.17, 15) is 13.2 Å². The van der Waals surface area contributed by atoms with E-state index in [1.54, 1.807) is 12.1 Å². The van der Waals surface area contributed by atoms with Gasteiger partial charge in [-0.3, -0.25) is 4.79 Å². The highest BCUT2D eigenvalue weighted by atomic mass is 32.2. The van der Waals surface area contributed by atoms with Crippen LogP contribution in [0.25, 0.3) is 0 Å². The van der Waals surface area contributed by atoms with E-state index < -0.39 is 9.84 Å². The molecule has 0 spiro atoms. The van der Waals surface area contributed by atoms with Gasteiger partial charge >= 0.3 is 0 Å². The van der Waals surface area contributed by atoms with Crippen LogP contribution in [-0.2, 0) is 27.6 Å². The van der Waals surface area contributed by atoms with Gasteiger partial charge in [0.15, 0.2) is 26.5 Å². The van der Waals surface area contributed by atoms with Gasteiger partial charge in [-0.25, -0.2) is 13.4 Å². The predicted molar refractivity (Wildman–Crippen MR) is 113 cm³/mol. The zero-order chi connectivity index (χ0) is 21.1. The first-order chi connectivity index (χ1) is 14.4. The van der Waals surface area contributed by atoms with Gasteiger partial charge in [-0.05, 0) is 42.0 Å². The van der Waals surface area contributed by atoms with E-state index in [1.807, 2.05) is 23.6 Å². The molecule has 1 aliphatic rings. The number of aromatic nitrogens is 1. The summed E-state index contributed by atoms with van der Waals surface area (Å²) in [6.45, 7) is 0.602. The molecule has 30 heavy (non-hydrogen) atoms. The average molecular weight is 446 g/mol. The van der Waals surface area contributed by atoms with Crippen LogP contribution in [0.3, 0.4) is 0 Å². The van der Waals surface area contributed by atoms with Crippen molar-refractivity contribution >= 4 is 37.9 Å². The lowest BCUT2D eigenvalue weighted by molar-refractivity contribution is -0.120. The number of amides is 1. The van der Waals surface area contributed by atoms with Crippen molar-refractivity contribution in [3.05, 3.63) is 59.1 Å². The summed E-state index contributed by atoms with van der Waals surface area (Å²) in [5, 5.41) is 8.42. The Hall–Kier alpha value is -3.11. The molecule has 1 amide bonds. The molecule has 156 valence electrons. The van der Waals surface area contributed by atoms with Crippen LogP contribution in [0.1, 0.15) is 11.3 Å². The number of nitrogens with one attached hydrogen (secondary N) is 2. The van der Waals surface area contributed by atoms with Crippen LogP contribution in [0.5, 0.6) is 11.5 Å². The van der Waals surface area contributed by atoms with Crippen LogP contribution >= 0.6 is 11.3 Å². The maximum absolute atomic E-state index is 12.2. The molecule has 2 heterocycles. The van der Waals surface area contributed by atoms with Crippen LogP contribution in [0.15, 0.2) is 52.7 Å². The molecule has 0 fully saturated rings. The Labute approximate surface area is 177 Å². The lowest BCUT2D eigenvalue weighted by Crippen LogP contribution is -2.24. The smallest absolute Gasteiger partial charge is 0.231 e. The average Bonchev–Trinajstić information content (AvgIpc) is 3.35. The van der Waals surface area contributed by atoms with Crippen LogP contribution in [-0.4, -0.2) is 32.4 Å². The number of carbonyl (C=O) groups excluding carboxylic acids is 1. The zero-order valence-corrected chi connectivity index (χ0v) is 17.7. The second kappa shape index (κ2) is 8.33. The Morgan fingerprint density at radius 3 is 2.67 bits per heavy atom. The number of carbonyl (C=O) groups is 1. The molecule has 8 nitrogen and oxygen atoms in total. The molecule has 1 aliphatic heterocycles. The first-order valence-electron chi connectivity index (χ1n) is 9.03. The normalized spacial score (nSPS) is 12.6. The van der Waals surface area contributed by atoms with E-state index in [2.05, 4.69) is 15.6 Å². The fourth-order valence-corrected chi connectivity index (χ4v) is 4.19. The molecule has 3 aromatic rings. The Morgan fingerprint density at radius 2 is 1.90 bits per heavy atom. The number of rotatable bonds is 7. The standard InChI is InChI=1S/C20H19N3O5S2/c1-30(25,26)16-5-3-14(4-6-16)22-20-23-15(11-29-20)9-19(24)21-10-13-2-7-17-18(8-13)28-12-27-17/h2-8,11H,9-10,12H2,1H3,(H,21,24)(H,22,23). The van der Waals surface area contributed by atoms with E-state index in [0.717, 1.165) is 11.3 Å². The van der Waals surface area contributed by atoms with Crippen LogP contribution in [0.4, 0.5) is 10.8 Å². The maximum atomic E-state index is 12.2. The molecule has 2 N–H and O–H groups in total. The van der Waals surface area contributed by atoms with Gasteiger partial charge in [0.05, 0.1) is 17.0 Å². The Bertz CT molecular complexity index is 1170. The van der Waals surface area contributed by atoms with Crippen molar-refractivity contribution < 1.29 is 22.7 Å². The molecule has 0 saturated heterocycles. The van der Waals surface area contributed by atoms with Gasteiger partial charge in [0.25, 0.3) is 0 Å². The summed E-state index contributed by atoms with van der Waals surface area (Å²) in [5.41, 5.74) is 2.29. The largest absolute Gasteiger partial charge is 0.454 e. The molecule has 0 radical (unpaired) electrons. The molecule has 0 aliphatic carbocycles. The minimum Gasteiger partial charge on any atom is -0.454 e. The fourth-order valence-electron chi connectivity index (χ4n) is 2.83. The molecule has 10 heteroatoms. The highest BCUT2D eigenvalue weighted by molar-refractivity contribution is 7.90.